The number of aryl methyl sites for hydroxylation is 1. The van der Waals surface area contributed by atoms with Crippen molar-refractivity contribution in [2.24, 2.45) is 0 Å². The number of hydrogen-bond acceptors (Lipinski definition) is 3. The van der Waals surface area contributed by atoms with Crippen molar-refractivity contribution in [2.75, 3.05) is 12.3 Å². The fraction of sp³-hybridized carbons (Fsp3) is 0.250. The second kappa shape index (κ2) is 4.96. The number of carbonyl (C=O) groups is 1. The predicted octanol–water partition coefficient (Wildman–Crippen LogP) is 2.17. The number of fused-ring (bicyclic) bond motifs is 1. The second-order valence-corrected chi connectivity index (χ2v) is 5.10. The molecule has 3 rings (SSSR count). The van der Waals surface area contributed by atoms with Crippen molar-refractivity contribution < 1.29 is 4.79 Å². The van der Waals surface area contributed by atoms with Crippen molar-refractivity contribution in [3.63, 3.8) is 0 Å². The molecule has 0 atom stereocenters. The Morgan fingerprint density at radius 1 is 1.30 bits per heavy atom. The lowest BCUT2D eigenvalue weighted by atomic mass is 9.97. The smallest absolute Gasteiger partial charge is 0.256 e. The monoisotopic (exact) mass is 267 g/mol. The molecule has 1 aliphatic rings. The average molecular weight is 267 g/mol. The first-order valence-corrected chi connectivity index (χ1v) is 6.74. The molecule has 1 amide bonds. The zero-order valence-corrected chi connectivity index (χ0v) is 11.5. The van der Waals surface area contributed by atoms with E-state index in [-0.39, 0.29) is 5.91 Å². The third-order valence-electron chi connectivity index (χ3n) is 3.83. The molecular weight excluding hydrogens is 250 g/mol. The van der Waals surface area contributed by atoms with Gasteiger partial charge in [0.1, 0.15) is 0 Å². The van der Waals surface area contributed by atoms with E-state index in [1.165, 1.54) is 5.56 Å². The van der Waals surface area contributed by atoms with Crippen LogP contribution in [0.1, 0.15) is 27.2 Å². The summed E-state index contributed by atoms with van der Waals surface area (Å²) in [4.78, 5) is 18.6. The summed E-state index contributed by atoms with van der Waals surface area (Å²) >= 11 is 0. The summed E-state index contributed by atoms with van der Waals surface area (Å²) in [6.45, 7) is 3.16. The van der Waals surface area contributed by atoms with Gasteiger partial charge in [0.25, 0.3) is 5.91 Å². The third-order valence-corrected chi connectivity index (χ3v) is 3.83. The summed E-state index contributed by atoms with van der Waals surface area (Å²) < 4.78 is 0. The Hall–Kier alpha value is -2.36. The molecule has 4 nitrogen and oxygen atoms in total. The molecule has 0 fully saturated rings. The highest BCUT2D eigenvalue weighted by Gasteiger charge is 2.24. The largest absolute Gasteiger partial charge is 0.398 e. The molecule has 0 spiro atoms. The van der Waals surface area contributed by atoms with Crippen molar-refractivity contribution in [2.45, 2.75) is 19.9 Å². The molecule has 0 aliphatic carbocycles. The SMILES string of the molecule is Cc1ncccc1C(=O)N1CCc2cccc(N)c2C1. The van der Waals surface area contributed by atoms with Gasteiger partial charge in [-0.15, -0.1) is 0 Å². The van der Waals surface area contributed by atoms with Gasteiger partial charge >= 0.3 is 0 Å². The first-order valence-electron chi connectivity index (χ1n) is 6.74. The standard InChI is InChI=1S/C16H17N3O/c1-11-13(5-3-8-18-11)16(20)19-9-7-12-4-2-6-15(17)14(12)10-19/h2-6,8H,7,9-10,17H2,1H3. The lowest BCUT2D eigenvalue weighted by Gasteiger charge is -2.30. The van der Waals surface area contributed by atoms with Gasteiger partial charge in [0.05, 0.1) is 5.56 Å². The normalized spacial score (nSPS) is 13.9. The zero-order valence-electron chi connectivity index (χ0n) is 11.5. The van der Waals surface area contributed by atoms with Crippen LogP contribution >= 0.6 is 0 Å². The highest BCUT2D eigenvalue weighted by Crippen LogP contribution is 2.25. The van der Waals surface area contributed by atoms with Gasteiger partial charge in [-0.05, 0) is 42.7 Å². The van der Waals surface area contributed by atoms with E-state index in [9.17, 15) is 4.79 Å². The van der Waals surface area contributed by atoms with Crippen LogP contribution in [0.3, 0.4) is 0 Å². The molecule has 1 aromatic heterocycles. The molecule has 2 N–H and O–H groups in total. The van der Waals surface area contributed by atoms with Crippen LogP contribution in [0.25, 0.3) is 0 Å². The number of anilines is 1. The van der Waals surface area contributed by atoms with Crippen molar-refractivity contribution in [1.82, 2.24) is 9.88 Å². The van der Waals surface area contributed by atoms with Crippen LogP contribution in [0.15, 0.2) is 36.5 Å². The van der Waals surface area contributed by atoms with E-state index in [2.05, 4.69) is 11.1 Å². The van der Waals surface area contributed by atoms with E-state index in [4.69, 9.17) is 5.73 Å². The quantitative estimate of drug-likeness (QED) is 0.806. The first kappa shape index (κ1) is 12.7. The van der Waals surface area contributed by atoms with Gasteiger partial charge in [-0.3, -0.25) is 9.78 Å². The van der Waals surface area contributed by atoms with E-state index in [1.807, 2.05) is 30.0 Å². The van der Waals surface area contributed by atoms with Crippen LogP contribution < -0.4 is 5.73 Å². The van der Waals surface area contributed by atoms with Gasteiger partial charge in [0.15, 0.2) is 0 Å². The van der Waals surface area contributed by atoms with E-state index >= 15 is 0 Å². The minimum atomic E-state index is 0.0319. The maximum atomic E-state index is 12.6. The van der Waals surface area contributed by atoms with Gasteiger partial charge in [-0.2, -0.15) is 0 Å². The molecule has 0 saturated carbocycles. The van der Waals surface area contributed by atoms with E-state index < -0.39 is 0 Å². The first-order chi connectivity index (χ1) is 9.66. The molecular formula is C16H17N3O. The molecule has 0 unspecified atom stereocenters. The Bertz CT molecular complexity index is 667. The Morgan fingerprint density at radius 3 is 2.95 bits per heavy atom. The molecule has 0 radical (unpaired) electrons. The van der Waals surface area contributed by atoms with Crippen LogP contribution in [0, 0.1) is 6.92 Å². The molecule has 2 heterocycles. The van der Waals surface area contributed by atoms with Crippen molar-refractivity contribution in [1.29, 1.82) is 0 Å². The van der Waals surface area contributed by atoms with E-state index in [0.29, 0.717) is 12.1 Å². The van der Waals surface area contributed by atoms with Crippen LogP contribution in [-0.2, 0) is 13.0 Å². The van der Waals surface area contributed by atoms with Gasteiger partial charge in [0.2, 0.25) is 0 Å². The Kier molecular flexibility index (Phi) is 3.14. The summed E-state index contributed by atoms with van der Waals surface area (Å²) in [6.07, 6.45) is 2.56. The number of nitrogen functional groups attached to an aromatic ring is 1. The average Bonchev–Trinajstić information content (AvgIpc) is 2.47. The molecule has 1 aliphatic heterocycles. The number of amides is 1. The Labute approximate surface area is 118 Å². The summed E-state index contributed by atoms with van der Waals surface area (Å²) in [7, 11) is 0. The second-order valence-electron chi connectivity index (χ2n) is 5.10. The highest BCUT2D eigenvalue weighted by molar-refractivity contribution is 5.95. The molecule has 0 bridgehead atoms. The van der Waals surface area contributed by atoms with Gasteiger partial charge < -0.3 is 10.6 Å². The molecule has 1 aromatic carbocycles. The number of pyridine rings is 1. The number of benzene rings is 1. The zero-order chi connectivity index (χ0) is 14.1. The van der Waals surface area contributed by atoms with Crippen molar-refractivity contribution in [3.8, 4) is 0 Å². The topological polar surface area (TPSA) is 59.2 Å². The maximum absolute atomic E-state index is 12.6. The summed E-state index contributed by atoms with van der Waals surface area (Å²) in [5.74, 6) is 0.0319. The maximum Gasteiger partial charge on any atom is 0.256 e. The van der Waals surface area contributed by atoms with Crippen LogP contribution in [0.5, 0.6) is 0 Å². The number of carbonyl (C=O) groups excluding carboxylic acids is 1. The number of rotatable bonds is 1. The van der Waals surface area contributed by atoms with Crippen LogP contribution in [-0.4, -0.2) is 22.3 Å². The molecule has 102 valence electrons. The highest BCUT2D eigenvalue weighted by atomic mass is 16.2. The van der Waals surface area contributed by atoms with E-state index in [0.717, 1.165) is 29.9 Å². The van der Waals surface area contributed by atoms with Crippen molar-refractivity contribution >= 4 is 11.6 Å². The number of nitrogens with zero attached hydrogens (tertiary/aromatic N) is 2. The molecule has 4 heteroatoms. The Balaban J connectivity index is 1.89. The predicted molar refractivity (Wildman–Crippen MR) is 78.3 cm³/mol. The summed E-state index contributed by atoms with van der Waals surface area (Å²) in [5, 5.41) is 0. The minimum absolute atomic E-state index is 0.0319. The number of hydrogen-bond donors (Lipinski definition) is 1. The number of nitrogens with two attached hydrogens (primary N) is 1. The van der Waals surface area contributed by atoms with Crippen LogP contribution in [0.2, 0.25) is 0 Å². The van der Waals surface area contributed by atoms with Crippen molar-refractivity contribution in [3.05, 3.63) is 58.9 Å². The summed E-state index contributed by atoms with van der Waals surface area (Å²) in [5.41, 5.74) is 10.6. The number of aromatic nitrogens is 1. The van der Waals surface area contributed by atoms with E-state index in [1.54, 1.807) is 12.3 Å². The lowest BCUT2D eigenvalue weighted by Crippen LogP contribution is -2.36. The van der Waals surface area contributed by atoms with Crippen LogP contribution in [0.4, 0.5) is 5.69 Å². The molecule has 20 heavy (non-hydrogen) atoms. The van der Waals surface area contributed by atoms with Gasteiger partial charge in [0, 0.05) is 30.7 Å². The Morgan fingerprint density at radius 2 is 2.15 bits per heavy atom. The molecule has 0 saturated heterocycles. The minimum Gasteiger partial charge on any atom is -0.398 e. The summed E-state index contributed by atoms with van der Waals surface area (Å²) in [6, 6.07) is 9.57. The lowest BCUT2D eigenvalue weighted by molar-refractivity contribution is 0.0734. The fourth-order valence-electron chi connectivity index (χ4n) is 2.66. The fourth-order valence-corrected chi connectivity index (χ4v) is 2.66. The van der Waals surface area contributed by atoms with Gasteiger partial charge in [-0.25, -0.2) is 0 Å². The third kappa shape index (κ3) is 2.13. The van der Waals surface area contributed by atoms with Gasteiger partial charge in [-0.1, -0.05) is 12.1 Å². The molecule has 2 aromatic rings.